The first-order valence-corrected chi connectivity index (χ1v) is 12.1. The van der Waals surface area contributed by atoms with Crippen LogP contribution in [0, 0.1) is 0 Å². The molecule has 11 heteroatoms. The zero-order chi connectivity index (χ0) is 26.3. The van der Waals surface area contributed by atoms with Crippen LogP contribution < -0.4 is 0 Å². The maximum absolute atomic E-state index is 13.4. The second-order valence-electron chi connectivity index (χ2n) is 9.63. The SMILES string of the molecule is FC(F)(F)c1cc(COC2CCC3CCC2(c2ccccc2)N3CCn2cncn2)cc(C(F)(F)F)c1. The van der Waals surface area contributed by atoms with Crippen molar-refractivity contribution in [3.8, 4) is 0 Å². The fraction of sp³-hybridized carbons (Fsp3) is 0.462. The van der Waals surface area contributed by atoms with Crippen molar-refractivity contribution in [2.45, 2.75) is 68.9 Å². The van der Waals surface area contributed by atoms with Crippen molar-refractivity contribution in [3.63, 3.8) is 0 Å². The van der Waals surface area contributed by atoms with Gasteiger partial charge in [-0.05, 0) is 55.0 Å². The molecule has 3 aromatic rings. The summed E-state index contributed by atoms with van der Waals surface area (Å²) >= 11 is 0. The molecule has 0 amide bonds. The molecule has 2 aliphatic rings. The number of hydrogen-bond acceptors (Lipinski definition) is 4. The summed E-state index contributed by atoms with van der Waals surface area (Å²) in [7, 11) is 0. The average molecular weight is 525 g/mol. The van der Waals surface area contributed by atoms with E-state index in [1.165, 1.54) is 6.33 Å². The molecular weight excluding hydrogens is 498 g/mol. The van der Waals surface area contributed by atoms with Crippen molar-refractivity contribution < 1.29 is 31.1 Å². The van der Waals surface area contributed by atoms with Gasteiger partial charge < -0.3 is 4.74 Å². The van der Waals surface area contributed by atoms with Crippen LogP contribution in [0.3, 0.4) is 0 Å². The van der Waals surface area contributed by atoms with Crippen LogP contribution in [0.25, 0.3) is 0 Å². The summed E-state index contributed by atoms with van der Waals surface area (Å²) in [6.45, 7) is 0.902. The molecule has 5 rings (SSSR count). The van der Waals surface area contributed by atoms with Crippen LogP contribution in [0.2, 0.25) is 0 Å². The maximum Gasteiger partial charge on any atom is 0.416 e. The van der Waals surface area contributed by atoms with E-state index in [-0.39, 0.29) is 18.2 Å². The summed E-state index contributed by atoms with van der Waals surface area (Å²) in [5.74, 6) is 0. The lowest BCUT2D eigenvalue weighted by molar-refractivity contribution is -0.143. The maximum atomic E-state index is 13.4. The molecule has 0 N–H and O–H groups in total. The van der Waals surface area contributed by atoms with E-state index in [1.807, 2.05) is 30.3 Å². The number of alkyl halides is 6. The van der Waals surface area contributed by atoms with E-state index in [1.54, 1.807) is 11.0 Å². The predicted molar refractivity (Wildman–Crippen MR) is 122 cm³/mol. The summed E-state index contributed by atoms with van der Waals surface area (Å²) in [5, 5.41) is 4.18. The Kier molecular flexibility index (Phi) is 6.78. The first-order chi connectivity index (χ1) is 17.6. The van der Waals surface area contributed by atoms with Gasteiger partial charge in [0.25, 0.3) is 0 Å². The predicted octanol–water partition coefficient (Wildman–Crippen LogP) is 6.05. The fourth-order valence-electron chi connectivity index (χ4n) is 5.92. The van der Waals surface area contributed by atoms with Gasteiger partial charge in [-0.1, -0.05) is 30.3 Å². The van der Waals surface area contributed by atoms with Crippen LogP contribution in [0.4, 0.5) is 26.3 Å². The minimum Gasteiger partial charge on any atom is -0.371 e. The van der Waals surface area contributed by atoms with Crippen molar-refractivity contribution in [1.29, 1.82) is 0 Å². The van der Waals surface area contributed by atoms with E-state index in [2.05, 4.69) is 15.0 Å². The van der Waals surface area contributed by atoms with Gasteiger partial charge in [-0.2, -0.15) is 31.4 Å². The minimum absolute atomic E-state index is 0.142. The van der Waals surface area contributed by atoms with Crippen molar-refractivity contribution in [2.75, 3.05) is 6.54 Å². The number of piperidine rings is 1. The van der Waals surface area contributed by atoms with Crippen LogP contribution in [0.5, 0.6) is 0 Å². The molecule has 2 saturated heterocycles. The molecule has 0 saturated carbocycles. The Labute approximate surface area is 210 Å². The second kappa shape index (κ2) is 9.75. The third-order valence-corrected chi connectivity index (χ3v) is 7.52. The van der Waals surface area contributed by atoms with Crippen molar-refractivity contribution in [1.82, 2.24) is 19.7 Å². The summed E-state index contributed by atoms with van der Waals surface area (Å²) in [5.41, 5.74) is -2.34. The Morgan fingerprint density at radius 3 is 2.22 bits per heavy atom. The van der Waals surface area contributed by atoms with E-state index in [0.717, 1.165) is 37.0 Å². The third-order valence-electron chi connectivity index (χ3n) is 7.52. The molecular formula is C26H26F6N4O. The lowest BCUT2D eigenvalue weighted by Gasteiger charge is -2.50. The van der Waals surface area contributed by atoms with Gasteiger partial charge in [0.2, 0.25) is 0 Å². The first kappa shape index (κ1) is 25.7. The Balaban J connectivity index is 1.45. The number of hydrogen-bond donors (Lipinski definition) is 0. The number of rotatable bonds is 7. The molecule has 37 heavy (non-hydrogen) atoms. The molecule has 198 valence electrons. The molecule has 0 aliphatic carbocycles. The van der Waals surface area contributed by atoms with Gasteiger partial charge in [-0.3, -0.25) is 9.58 Å². The average Bonchev–Trinajstić information content (AvgIpc) is 3.46. The molecule has 2 fully saturated rings. The summed E-state index contributed by atoms with van der Waals surface area (Å²) in [4.78, 5) is 6.37. The molecule has 3 atom stereocenters. The van der Waals surface area contributed by atoms with Crippen LogP contribution in [-0.4, -0.2) is 38.4 Å². The fourth-order valence-corrected chi connectivity index (χ4v) is 5.92. The normalized spacial score (nSPS) is 24.5. The minimum atomic E-state index is -4.90. The van der Waals surface area contributed by atoms with Crippen LogP contribution in [0.15, 0.2) is 61.2 Å². The van der Waals surface area contributed by atoms with Crippen molar-refractivity contribution in [3.05, 3.63) is 83.4 Å². The van der Waals surface area contributed by atoms with Gasteiger partial charge in [0.15, 0.2) is 0 Å². The number of ether oxygens (including phenoxy) is 1. The molecule has 1 aromatic heterocycles. The Hall–Kier alpha value is -2.92. The molecule has 5 nitrogen and oxygen atoms in total. The number of fused-ring (bicyclic) bond motifs is 2. The van der Waals surface area contributed by atoms with Gasteiger partial charge in [0, 0.05) is 12.6 Å². The number of nitrogens with zero attached hydrogens (tertiary/aromatic N) is 4. The van der Waals surface area contributed by atoms with Crippen LogP contribution in [0.1, 0.15) is 47.9 Å². The highest BCUT2D eigenvalue weighted by Crippen LogP contribution is 2.52. The highest BCUT2D eigenvalue weighted by Gasteiger charge is 2.55. The van der Waals surface area contributed by atoms with Crippen molar-refractivity contribution >= 4 is 0 Å². The zero-order valence-corrected chi connectivity index (χ0v) is 19.8. The largest absolute Gasteiger partial charge is 0.416 e. The van der Waals surface area contributed by atoms with E-state index in [0.29, 0.717) is 25.6 Å². The Morgan fingerprint density at radius 1 is 0.892 bits per heavy atom. The third kappa shape index (κ3) is 5.11. The van der Waals surface area contributed by atoms with Gasteiger partial charge >= 0.3 is 12.4 Å². The van der Waals surface area contributed by atoms with Gasteiger partial charge in [-0.25, -0.2) is 4.98 Å². The van der Waals surface area contributed by atoms with E-state index >= 15 is 0 Å². The van der Waals surface area contributed by atoms with Crippen LogP contribution in [-0.2, 0) is 35.8 Å². The molecule has 2 aromatic carbocycles. The van der Waals surface area contributed by atoms with Gasteiger partial charge in [0.05, 0.1) is 35.9 Å². The van der Waals surface area contributed by atoms with Crippen LogP contribution >= 0.6 is 0 Å². The standard InChI is InChI=1S/C26H26F6N4O/c27-25(28,29)20-12-18(13-21(14-20)26(30,31)32)15-37-23-7-6-22-8-9-24(23,19-4-2-1-3-5-19)36(22)11-10-35-17-33-16-34-35/h1-5,12-14,16-17,22-23H,6-11,15H2. The molecule has 0 spiro atoms. The molecule has 2 aliphatic heterocycles. The first-order valence-electron chi connectivity index (χ1n) is 12.1. The highest BCUT2D eigenvalue weighted by atomic mass is 19.4. The zero-order valence-electron chi connectivity index (χ0n) is 19.8. The molecule has 2 bridgehead atoms. The monoisotopic (exact) mass is 524 g/mol. The van der Waals surface area contributed by atoms with Crippen molar-refractivity contribution in [2.24, 2.45) is 0 Å². The Morgan fingerprint density at radius 2 is 1.59 bits per heavy atom. The molecule has 3 unspecified atom stereocenters. The smallest absolute Gasteiger partial charge is 0.371 e. The van der Waals surface area contributed by atoms with Gasteiger partial charge in [0.1, 0.15) is 12.7 Å². The highest BCUT2D eigenvalue weighted by molar-refractivity contribution is 5.34. The molecule has 3 heterocycles. The number of halogens is 6. The summed E-state index contributed by atoms with van der Waals surface area (Å²) in [6.07, 6.45) is -3.92. The lowest BCUT2D eigenvalue weighted by atomic mass is 9.79. The van der Waals surface area contributed by atoms with E-state index < -0.39 is 35.1 Å². The van der Waals surface area contributed by atoms with E-state index in [4.69, 9.17) is 4.74 Å². The number of aromatic nitrogens is 3. The summed E-state index contributed by atoms with van der Waals surface area (Å²) in [6, 6.07) is 11.7. The second-order valence-corrected chi connectivity index (χ2v) is 9.63. The summed E-state index contributed by atoms with van der Waals surface area (Å²) < 4.78 is 88.2. The van der Waals surface area contributed by atoms with E-state index in [9.17, 15) is 26.3 Å². The lowest BCUT2D eigenvalue weighted by Crippen LogP contribution is -2.57. The number of benzene rings is 2. The topological polar surface area (TPSA) is 43.2 Å². The van der Waals surface area contributed by atoms with Gasteiger partial charge in [-0.15, -0.1) is 0 Å². The Bertz CT molecular complexity index is 1170. The quantitative estimate of drug-likeness (QED) is 0.353. The molecule has 0 radical (unpaired) electrons.